The summed E-state index contributed by atoms with van der Waals surface area (Å²) in [4.78, 5) is 25.8. The number of amides is 1. The molecule has 5 nitrogen and oxygen atoms in total. The molecule has 1 atom stereocenters. The molecule has 0 N–H and O–H groups in total. The van der Waals surface area contributed by atoms with Crippen LogP contribution in [0.1, 0.15) is 69.7 Å². The maximum Gasteiger partial charge on any atom is 0.257 e. The number of piperidine rings is 1. The molecule has 1 aliphatic heterocycles. The van der Waals surface area contributed by atoms with Gasteiger partial charge >= 0.3 is 0 Å². The van der Waals surface area contributed by atoms with Crippen LogP contribution in [-0.2, 0) is 0 Å². The van der Waals surface area contributed by atoms with Crippen LogP contribution in [0.4, 0.5) is 5.95 Å². The lowest BCUT2D eigenvalue weighted by Crippen LogP contribution is -2.43. The van der Waals surface area contributed by atoms with Crippen LogP contribution in [0.25, 0.3) is 0 Å². The molecular weight excluding hydrogens is 288 g/mol. The third-order valence-corrected chi connectivity index (χ3v) is 4.51. The molecular formula is C18H30N4O. The van der Waals surface area contributed by atoms with Crippen LogP contribution >= 0.6 is 0 Å². The number of carbonyl (C=O) groups is 1. The standard InChI is InChI=1S/C18H30N4O/c1-4-10-21(11-5-2)18-19-13-15(14-20-18)17(23)22-12-8-7-9-16(22)6-3/h13-14,16H,4-12H2,1-3H3. The molecule has 1 fully saturated rings. The van der Waals surface area contributed by atoms with Crippen LogP contribution in [0.3, 0.4) is 0 Å². The van der Waals surface area contributed by atoms with Crippen molar-refractivity contribution in [2.75, 3.05) is 24.5 Å². The van der Waals surface area contributed by atoms with Crippen molar-refractivity contribution in [3.05, 3.63) is 18.0 Å². The molecule has 1 aromatic rings. The molecule has 0 aromatic carbocycles. The predicted octanol–water partition coefficient (Wildman–Crippen LogP) is 3.51. The average Bonchev–Trinajstić information content (AvgIpc) is 2.61. The average molecular weight is 318 g/mol. The van der Waals surface area contributed by atoms with Crippen molar-refractivity contribution in [1.29, 1.82) is 0 Å². The van der Waals surface area contributed by atoms with E-state index >= 15 is 0 Å². The maximum atomic E-state index is 12.7. The zero-order chi connectivity index (χ0) is 16.7. The number of hydrogen-bond acceptors (Lipinski definition) is 4. The molecule has 0 aliphatic carbocycles. The molecule has 2 rings (SSSR count). The van der Waals surface area contributed by atoms with Crippen molar-refractivity contribution < 1.29 is 4.79 Å². The molecule has 1 aliphatic rings. The molecule has 0 saturated carbocycles. The maximum absolute atomic E-state index is 12.7. The second-order valence-corrected chi connectivity index (χ2v) is 6.32. The van der Waals surface area contributed by atoms with Crippen molar-refractivity contribution in [3.63, 3.8) is 0 Å². The van der Waals surface area contributed by atoms with Crippen LogP contribution < -0.4 is 4.90 Å². The van der Waals surface area contributed by atoms with E-state index in [1.165, 1.54) is 6.42 Å². The molecule has 2 heterocycles. The van der Waals surface area contributed by atoms with Gasteiger partial charge in [0.15, 0.2) is 0 Å². The van der Waals surface area contributed by atoms with Gasteiger partial charge in [-0.3, -0.25) is 4.79 Å². The zero-order valence-electron chi connectivity index (χ0n) is 14.8. The second-order valence-electron chi connectivity index (χ2n) is 6.32. The quantitative estimate of drug-likeness (QED) is 0.772. The fourth-order valence-corrected chi connectivity index (χ4v) is 3.30. The summed E-state index contributed by atoms with van der Waals surface area (Å²) in [6.07, 6.45) is 9.98. The Morgan fingerprint density at radius 3 is 2.39 bits per heavy atom. The van der Waals surface area contributed by atoms with E-state index < -0.39 is 0 Å². The normalized spacial score (nSPS) is 18.0. The van der Waals surface area contributed by atoms with E-state index in [4.69, 9.17) is 0 Å². The summed E-state index contributed by atoms with van der Waals surface area (Å²) in [5, 5.41) is 0. The van der Waals surface area contributed by atoms with Gasteiger partial charge in [0.1, 0.15) is 0 Å². The number of likely N-dealkylation sites (tertiary alicyclic amines) is 1. The van der Waals surface area contributed by atoms with Crippen LogP contribution in [0.5, 0.6) is 0 Å². The first kappa shape index (κ1) is 17.7. The number of nitrogens with zero attached hydrogens (tertiary/aromatic N) is 4. The Morgan fingerprint density at radius 1 is 1.17 bits per heavy atom. The van der Waals surface area contributed by atoms with Crippen molar-refractivity contribution >= 4 is 11.9 Å². The summed E-state index contributed by atoms with van der Waals surface area (Å²) in [6.45, 7) is 9.22. The van der Waals surface area contributed by atoms with E-state index in [1.807, 2.05) is 4.90 Å². The van der Waals surface area contributed by atoms with Crippen molar-refractivity contribution in [3.8, 4) is 0 Å². The molecule has 1 aromatic heterocycles. The van der Waals surface area contributed by atoms with Gasteiger partial charge in [0.25, 0.3) is 5.91 Å². The summed E-state index contributed by atoms with van der Waals surface area (Å²) in [6, 6.07) is 0.368. The predicted molar refractivity (Wildman–Crippen MR) is 93.8 cm³/mol. The fraction of sp³-hybridized carbons (Fsp3) is 0.722. The highest BCUT2D eigenvalue weighted by atomic mass is 16.2. The molecule has 128 valence electrons. The van der Waals surface area contributed by atoms with Gasteiger partial charge in [-0.2, -0.15) is 0 Å². The molecule has 0 radical (unpaired) electrons. The molecule has 0 bridgehead atoms. The smallest absolute Gasteiger partial charge is 0.257 e. The van der Waals surface area contributed by atoms with Gasteiger partial charge in [0.2, 0.25) is 5.95 Å². The fourth-order valence-electron chi connectivity index (χ4n) is 3.30. The number of anilines is 1. The van der Waals surface area contributed by atoms with E-state index in [2.05, 4.69) is 35.6 Å². The van der Waals surface area contributed by atoms with Crippen LogP contribution in [0.2, 0.25) is 0 Å². The Bertz CT molecular complexity index is 482. The highest BCUT2D eigenvalue weighted by Crippen LogP contribution is 2.21. The van der Waals surface area contributed by atoms with Crippen molar-refractivity contribution in [2.24, 2.45) is 0 Å². The third kappa shape index (κ3) is 4.43. The number of aromatic nitrogens is 2. The van der Waals surface area contributed by atoms with Gasteiger partial charge < -0.3 is 9.80 Å². The molecule has 5 heteroatoms. The summed E-state index contributed by atoms with van der Waals surface area (Å²) in [5.41, 5.74) is 0.613. The number of carbonyl (C=O) groups excluding carboxylic acids is 1. The first-order valence-corrected chi connectivity index (χ1v) is 9.09. The van der Waals surface area contributed by atoms with Crippen LogP contribution in [0, 0.1) is 0 Å². The number of rotatable bonds is 7. The molecule has 23 heavy (non-hydrogen) atoms. The Hall–Kier alpha value is -1.65. The summed E-state index contributed by atoms with van der Waals surface area (Å²) in [7, 11) is 0. The third-order valence-electron chi connectivity index (χ3n) is 4.51. The van der Waals surface area contributed by atoms with Crippen molar-refractivity contribution in [1.82, 2.24) is 14.9 Å². The first-order valence-electron chi connectivity index (χ1n) is 9.09. The Kier molecular flexibility index (Phi) is 6.81. The zero-order valence-corrected chi connectivity index (χ0v) is 14.8. The Morgan fingerprint density at radius 2 is 1.83 bits per heavy atom. The lowest BCUT2D eigenvalue weighted by Gasteiger charge is -2.35. The minimum Gasteiger partial charge on any atom is -0.341 e. The monoisotopic (exact) mass is 318 g/mol. The van der Waals surface area contributed by atoms with E-state index in [0.717, 1.165) is 57.7 Å². The highest BCUT2D eigenvalue weighted by Gasteiger charge is 2.26. The first-order chi connectivity index (χ1) is 11.2. The topological polar surface area (TPSA) is 49.3 Å². The van der Waals surface area contributed by atoms with E-state index in [-0.39, 0.29) is 5.91 Å². The van der Waals surface area contributed by atoms with Crippen LogP contribution in [-0.4, -0.2) is 46.5 Å². The molecule has 1 unspecified atom stereocenters. The van der Waals surface area contributed by atoms with Gasteiger partial charge in [-0.15, -0.1) is 0 Å². The Balaban J connectivity index is 2.09. The minimum absolute atomic E-state index is 0.0839. The van der Waals surface area contributed by atoms with Gasteiger partial charge in [-0.1, -0.05) is 20.8 Å². The highest BCUT2D eigenvalue weighted by molar-refractivity contribution is 5.94. The second kappa shape index (κ2) is 8.85. The van der Waals surface area contributed by atoms with Crippen LogP contribution in [0.15, 0.2) is 12.4 Å². The van der Waals surface area contributed by atoms with Gasteiger partial charge in [0, 0.05) is 38.1 Å². The van der Waals surface area contributed by atoms with Gasteiger partial charge in [0.05, 0.1) is 5.56 Å². The summed E-state index contributed by atoms with van der Waals surface area (Å²) >= 11 is 0. The largest absolute Gasteiger partial charge is 0.341 e. The van der Waals surface area contributed by atoms with Crippen molar-refractivity contribution in [2.45, 2.75) is 65.3 Å². The lowest BCUT2D eigenvalue weighted by atomic mass is 9.99. The molecule has 1 amide bonds. The number of hydrogen-bond donors (Lipinski definition) is 0. The Labute approximate surface area is 140 Å². The van der Waals surface area contributed by atoms with Gasteiger partial charge in [-0.05, 0) is 38.5 Å². The van der Waals surface area contributed by atoms with E-state index in [0.29, 0.717) is 11.6 Å². The SMILES string of the molecule is CCCN(CCC)c1ncc(C(=O)N2CCCCC2CC)cn1. The summed E-state index contributed by atoms with van der Waals surface area (Å²) < 4.78 is 0. The minimum atomic E-state index is 0.0839. The van der Waals surface area contributed by atoms with E-state index in [9.17, 15) is 4.79 Å². The van der Waals surface area contributed by atoms with E-state index in [1.54, 1.807) is 12.4 Å². The summed E-state index contributed by atoms with van der Waals surface area (Å²) in [5.74, 6) is 0.816. The lowest BCUT2D eigenvalue weighted by molar-refractivity contribution is 0.0607. The van der Waals surface area contributed by atoms with Gasteiger partial charge in [-0.25, -0.2) is 9.97 Å². The molecule has 0 spiro atoms. The molecule has 1 saturated heterocycles.